The number of ketones is 2. The number of aryl methyl sites for hydroxylation is 1. The van der Waals surface area contributed by atoms with Gasteiger partial charge in [-0.15, -0.1) is 11.3 Å². The Kier molecular flexibility index (Phi) is 5.97. The number of hydrogen-bond acceptors (Lipinski definition) is 8. The lowest BCUT2D eigenvalue weighted by Crippen LogP contribution is -2.35. The Labute approximate surface area is 184 Å². The zero-order valence-corrected chi connectivity index (χ0v) is 18.6. The molecule has 2 aliphatic rings. The summed E-state index contributed by atoms with van der Waals surface area (Å²) in [5.41, 5.74) is 2.12. The number of ether oxygens (including phenoxy) is 1. The number of benzene rings is 1. The lowest BCUT2D eigenvalue weighted by Gasteiger charge is -2.29. The van der Waals surface area contributed by atoms with Crippen LogP contribution in [0.15, 0.2) is 23.2 Å². The van der Waals surface area contributed by atoms with E-state index in [4.69, 9.17) is 4.74 Å². The fraction of sp³-hybridized carbons (Fsp3) is 0.409. The molecule has 0 spiro atoms. The van der Waals surface area contributed by atoms with Crippen LogP contribution in [0.25, 0.3) is 0 Å². The number of hydrogen-bond donors (Lipinski definition) is 0. The molecular formula is C22H24N4O4S. The van der Waals surface area contributed by atoms with Gasteiger partial charge in [-0.05, 0) is 50.7 Å². The van der Waals surface area contributed by atoms with Gasteiger partial charge in [0, 0.05) is 18.8 Å². The summed E-state index contributed by atoms with van der Waals surface area (Å²) in [5.74, 6) is -0.113. The molecule has 4 rings (SSSR count). The number of carbonyl (C=O) groups is 3. The second-order valence-electron chi connectivity index (χ2n) is 7.81. The van der Waals surface area contributed by atoms with Crippen molar-refractivity contribution in [2.75, 3.05) is 45.7 Å². The molecule has 162 valence electrons. The topological polar surface area (TPSA) is 92.2 Å². The Hall–Kier alpha value is -2.91. The number of carbonyl (C=O) groups excluding carboxylic acids is 3. The molecule has 0 saturated carbocycles. The largest absolute Gasteiger partial charge is 0.497 e. The van der Waals surface area contributed by atoms with Gasteiger partial charge in [-0.1, -0.05) is 0 Å². The molecule has 0 fully saturated rings. The predicted molar refractivity (Wildman–Crippen MR) is 119 cm³/mol. The van der Waals surface area contributed by atoms with Gasteiger partial charge in [-0.25, -0.2) is 4.98 Å². The van der Waals surface area contributed by atoms with Crippen LogP contribution in [-0.4, -0.2) is 73.9 Å². The summed E-state index contributed by atoms with van der Waals surface area (Å²) in [7, 11) is 5.44. The van der Waals surface area contributed by atoms with Crippen LogP contribution in [0.3, 0.4) is 0 Å². The average molecular weight is 441 g/mol. The molecule has 2 heterocycles. The smallest absolute Gasteiger partial charge is 0.287 e. The maximum Gasteiger partial charge on any atom is 0.287 e. The van der Waals surface area contributed by atoms with Gasteiger partial charge < -0.3 is 14.5 Å². The molecule has 1 aromatic heterocycles. The van der Waals surface area contributed by atoms with E-state index < -0.39 is 0 Å². The number of aromatic nitrogens is 1. The average Bonchev–Trinajstić information content (AvgIpc) is 3.22. The summed E-state index contributed by atoms with van der Waals surface area (Å²) in [6.07, 6.45) is 1.63. The predicted octanol–water partition coefficient (Wildman–Crippen LogP) is 2.52. The van der Waals surface area contributed by atoms with Gasteiger partial charge in [0.05, 0.1) is 25.8 Å². The molecule has 0 bridgehead atoms. The zero-order valence-electron chi connectivity index (χ0n) is 17.8. The molecule has 0 unspecified atom stereocenters. The van der Waals surface area contributed by atoms with Gasteiger partial charge in [0.1, 0.15) is 16.3 Å². The number of methoxy groups -OCH3 is 1. The van der Waals surface area contributed by atoms with Crippen LogP contribution in [0.4, 0.5) is 5.69 Å². The molecule has 0 N–H and O–H groups in total. The van der Waals surface area contributed by atoms with Gasteiger partial charge in [0.2, 0.25) is 5.78 Å². The fourth-order valence-electron chi connectivity index (χ4n) is 3.74. The second kappa shape index (κ2) is 8.68. The van der Waals surface area contributed by atoms with Crippen molar-refractivity contribution in [1.29, 1.82) is 0 Å². The second-order valence-corrected chi connectivity index (χ2v) is 8.81. The molecule has 8 nitrogen and oxygen atoms in total. The summed E-state index contributed by atoms with van der Waals surface area (Å²) >= 11 is 1.00. The Balaban J connectivity index is 1.61. The van der Waals surface area contributed by atoms with Crippen molar-refractivity contribution in [1.82, 2.24) is 9.88 Å². The Morgan fingerprint density at radius 1 is 1.32 bits per heavy atom. The molecule has 0 saturated heterocycles. The molecule has 2 aromatic rings. The van der Waals surface area contributed by atoms with E-state index in [1.807, 2.05) is 37.2 Å². The molecular weight excluding hydrogens is 416 g/mol. The number of likely N-dealkylation sites (N-methyl/N-ethyl adjacent to an activating group) is 1. The van der Waals surface area contributed by atoms with E-state index in [0.29, 0.717) is 19.6 Å². The first kappa shape index (κ1) is 21.3. The summed E-state index contributed by atoms with van der Waals surface area (Å²) < 4.78 is 5.29. The minimum absolute atomic E-state index is 0.0402. The fourth-order valence-corrected chi connectivity index (χ4v) is 4.69. The monoisotopic (exact) mass is 440 g/mol. The molecule has 9 heteroatoms. The van der Waals surface area contributed by atoms with Crippen molar-refractivity contribution in [2.24, 2.45) is 4.99 Å². The van der Waals surface area contributed by atoms with Crippen LogP contribution in [0.2, 0.25) is 0 Å². The Morgan fingerprint density at radius 3 is 2.87 bits per heavy atom. The standard InChI is InChI=1S/C22H24N4O4S/c1-25(2)10-8-23-15-12-17(27)20-18(19(15)28)24-21(31-20)22(29)26-9-4-5-13-11-14(30-3)6-7-16(13)26/h6-7,11H,4-5,8-10,12H2,1-3H3. The van der Waals surface area contributed by atoms with Crippen LogP contribution in [0.5, 0.6) is 5.75 Å². The molecule has 0 atom stereocenters. The maximum absolute atomic E-state index is 13.3. The maximum atomic E-state index is 13.3. The van der Waals surface area contributed by atoms with E-state index in [1.165, 1.54) is 0 Å². The van der Waals surface area contributed by atoms with Gasteiger partial charge in [0.25, 0.3) is 5.91 Å². The molecule has 31 heavy (non-hydrogen) atoms. The minimum Gasteiger partial charge on any atom is -0.497 e. The van der Waals surface area contributed by atoms with Crippen molar-refractivity contribution in [3.8, 4) is 5.75 Å². The van der Waals surface area contributed by atoms with Crippen molar-refractivity contribution >= 4 is 40.2 Å². The first-order chi connectivity index (χ1) is 14.9. The van der Waals surface area contributed by atoms with Crippen LogP contribution in [0, 0.1) is 0 Å². The zero-order chi connectivity index (χ0) is 22.1. The Morgan fingerprint density at radius 2 is 2.13 bits per heavy atom. The highest BCUT2D eigenvalue weighted by Crippen LogP contribution is 2.33. The van der Waals surface area contributed by atoms with E-state index in [1.54, 1.807) is 12.0 Å². The molecule has 1 amide bonds. The Bertz CT molecular complexity index is 1090. The van der Waals surface area contributed by atoms with Crippen LogP contribution < -0.4 is 9.64 Å². The van der Waals surface area contributed by atoms with Gasteiger partial charge in [-0.2, -0.15) is 0 Å². The lowest BCUT2D eigenvalue weighted by molar-refractivity contribution is 0.0963. The van der Waals surface area contributed by atoms with Crippen molar-refractivity contribution in [2.45, 2.75) is 19.3 Å². The first-order valence-corrected chi connectivity index (χ1v) is 11.0. The highest BCUT2D eigenvalue weighted by Gasteiger charge is 2.36. The van der Waals surface area contributed by atoms with Crippen LogP contribution in [0.1, 0.15) is 48.4 Å². The third-order valence-electron chi connectivity index (χ3n) is 5.37. The van der Waals surface area contributed by atoms with Gasteiger partial charge >= 0.3 is 0 Å². The summed E-state index contributed by atoms with van der Waals surface area (Å²) in [4.78, 5) is 51.2. The quantitative estimate of drug-likeness (QED) is 0.709. The number of thiazole rings is 1. The first-order valence-electron chi connectivity index (χ1n) is 10.1. The van der Waals surface area contributed by atoms with Crippen molar-refractivity contribution in [3.63, 3.8) is 0 Å². The number of Topliss-reactive ketones (excluding diaryl/α,β-unsaturated/α-hetero) is 2. The number of amides is 1. The number of nitrogens with zero attached hydrogens (tertiary/aromatic N) is 4. The number of fused-ring (bicyclic) bond motifs is 2. The third-order valence-corrected chi connectivity index (χ3v) is 6.45. The third kappa shape index (κ3) is 4.15. The summed E-state index contributed by atoms with van der Waals surface area (Å²) in [5, 5.41) is 0.157. The minimum atomic E-state index is -0.354. The SMILES string of the molecule is COc1ccc2c(c1)CCCN2C(=O)c1nc2c(s1)C(=O)CC(=NCCN(C)C)C2=O. The van der Waals surface area contributed by atoms with Gasteiger partial charge in [-0.3, -0.25) is 19.4 Å². The van der Waals surface area contributed by atoms with E-state index in [-0.39, 0.29) is 45.2 Å². The van der Waals surface area contributed by atoms with Crippen LogP contribution in [-0.2, 0) is 6.42 Å². The highest BCUT2D eigenvalue weighted by molar-refractivity contribution is 7.16. The van der Waals surface area contributed by atoms with Crippen LogP contribution >= 0.6 is 11.3 Å². The van der Waals surface area contributed by atoms with Gasteiger partial charge in [0.15, 0.2) is 10.8 Å². The van der Waals surface area contributed by atoms with E-state index in [2.05, 4.69) is 9.98 Å². The number of anilines is 1. The van der Waals surface area contributed by atoms with Crippen molar-refractivity contribution in [3.05, 3.63) is 39.3 Å². The number of aliphatic imine (C=N–C) groups is 1. The summed E-state index contributed by atoms with van der Waals surface area (Å²) in [6.45, 7) is 1.67. The van der Waals surface area contributed by atoms with E-state index in [0.717, 1.165) is 41.2 Å². The molecule has 1 aliphatic heterocycles. The summed E-state index contributed by atoms with van der Waals surface area (Å²) in [6, 6.07) is 5.62. The molecule has 0 radical (unpaired) electrons. The number of rotatable bonds is 5. The van der Waals surface area contributed by atoms with E-state index in [9.17, 15) is 14.4 Å². The normalized spacial score (nSPS) is 17.2. The highest BCUT2D eigenvalue weighted by atomic mass is 32.1. The lowest BCUT2D eigenvalue weighted by atomic mass is 9.98. The van der Waals surface area contributed by atoms with Crippen molar-refractivity contribution < 1.29 is 19.1 Å². The molecule has 1 aliphatic carbocycles. The molecule has 1 aromatic carbocycles. The van der Waals surface area contributed by atoms with E-state index >= 15 is 0 Å².